The highest BCUT2D eigenvalue weighted by Gasteiger charge is 2.23. The number of anilines is 1. The van der Waals surface area contributed by atoms with Crippen LogP contribution in [0.25, 0.3) is 22.4 Å². The number of carbonyl (C=O) groups is 1. The van der Waals surface area contributed by atoms with Crippen molar-refractivity contribution < 1.29 is 9.18 Å². The van der Waals surface area contributed by atoms with Crippen molar-refractivity contribution in [1.29, 1.82) is 0 Å². The summed E-state index contributed by atoms with van der Waals surface area (Å²) in [7, 11) is 0. The number of rotatable bonds is 4. The second kappa shape index (κ2) is 8.34. The summed E-state index contributed by atoms with van der Waals surface area (Å²) in [6.45, 7) is 0. The molecule has 2 aromatic carbocycles. The first-order valence-corrected chi connectivity index (χ1v) is 10.7. The standard InChI is InChI=1S/C25H21FN4O2/c26-19-8-3-4-9-20(19)29-24(31)17-13-11-16(12-14-17)22-25(32)30(18-6-1-2-7-18)23-21(28-22)10-5-15-27-23/h3-5,8-15,18H,1-2,6-7H2,(H,29,31). The summed E-state index contributed by atoms with van der Waals surface area (Å²) in [5.41, 5.74) is 2.52. The van der Waals surface area contributed by atoms with Gasteiger partial charge in [-0.1, -0.05) is 37.1 Å². The molecule has 7 heteroatoms. The van der Waals surface area contributed by atoms with E-state index in [4.69, 9.17) is 0 Å². The summed E-state index contributed by atoms with van der Waals surface area (Å²) in [5, 5.41) is 2.56. The van der Waals surface area contributed by atoms with Gasteiger partial charge in [0.05, 0.1) is 5.69 Å². The molecule has 6 nitrogen and oxygen atoms in total. The Morgan fingerprint density at radius 3 is 2.50 bits per heavy atom. The fourth-order valence-electron chi connectivity index (χ4n) is 4.27. The summed E-state index contributed by atoms with van der Waals surface area (Å²) in [6.07, 6.45) is 5.76. The molecule has 1 saturated carbocycles. The Morgan fingerprint density at radius 1 is 1.00 bits per heavy atom. The van der Waals surface area contributed by atoms with Gasteiger partial charge in [-0.15, -0.1) is 0 Å². The molecule has 1 N–H and O–H groups in total. The van der Waals surface area contributed by atoms with Crippen LogP contribution in [0.1, 0.15) is 42.1 Å². The van der Waals surface area contributed by atoms with Gasteiger partial charge < -0.3 is 5.32 Å². The van der Waals surface area contributed by atoms with E-state index in [-0.39, 0.29) is 17.3 Å². The Bertz CT molecular complexity index is 1360. The maximum atomic E-state index is 13.8. The van der Waals surface area contributed by atoms with Crippen LogP contribution >= 0.6 is 0 Å². The highest BCUT2D eigenvalue weighted by Crippen LogP contribution is 2.31. The van der Waals surface area contributed by atoms with E-state index in [1.165, 1.54) is 12.1 Å². The van der Waals surface area contributed by atoms with E-state index in [1.54, 1.807) is 53.2 Å². The van der Waals surface area contributed by atoms with Crippen LogP contribution in [0, 0.1) is 5.82 Å². The van der Waals surface area contributed by atoms with E-state index in [2.05, 4.69) is 15.3 Å². The summed E-state index contributed by atoms with van der Waals surface area (Å²) < 4.78 is 15.6. The van der Waals surface area contributed by atoms with Crippen LogP contribution in [-0.2, 0) is 0 Å². The first-order chi connectivity index (χ1) is 15.6. The van der Waals surface area contributed by atoms with Crippen LogP contribution in [0.5, 0.6) is 0 Å². The Hall–Kier alpha value is -3.87. The van der Waals surface area contributed by atoms with Crippen molar-refractivity contribution in [3.63, 3.8) is 0 Å². The van der Waals surface area contributed by atoms with Crippen molar-refractivity contribution in [2.75, 3.05) is 5.32 Å². The summed E-state index contributed by atoms with van der Waals surface area (Å²) in [4.78, 5) is 34.9. The number of fused-ring (bicyclic) bond motifs is 1. The molecular weight excluding hydrogens is 407 g/mol. The zero-order valence-corrected chi connectivity index (χ0v) is 17.3. The molecule has 0 radical (unpaired) electrons. The van der Waals surface area contributed by atoms with Crippen LogP contribution in [0.3, 0.4) is 0 Å². The van der Waals surface area contributed by atoms with Gasteiger partial charge in [-0.3, -0.25) is 14.2 Å². The van der Waals surface area contributed by atoms with E-state index >= 15 is 0 Å². The largest absolute Gasteiger partial charge is 0.319 e. The summed E-state index contributed by atoms with van der Waals surface area (Å²) in [6, 6.07) is 16.4. The molecule has 1 amide bonds. The first-order valence-electron chi connectivity index (χ1n) is 10.7. The number of pyridine rings is 1. The molecule has 5 rings (SSSR count). The minimum Gasteiger partial charge on any atom is -0.319 e. The Morgan fingerprint density at radius 2 is 1.75 bits per heavy atom. The third-order valence-electron chi connectivity index (χ3n) is 5.88. The van der Waals surface area contributed by atoms with E-state index in [9.17, 15) is 14.0 Å². The number of nitrogens with zero attached hydrogens (tertiary/aromatic N) is 3. The molecule has 4 aromatic rings. The average molecular weight is 428 g/mol. The van der Waals surface area contributed by atoms with Crippen LogP contribution < -0.4 is 10.9 Å². The van der Waals surface area contributed by atoms with Gasteiger partial charge in [0.15, 0.2) is 5.65 Å². The third-order valence-corrected chi connectivity index (χ3v) is 5.88. The lowest BCUT2D eigenvalue weighted by Crippen LogP contribution is -2.27. The van der Waals surface area contributed by atoms with Gasteiger partial charge in [-0.05, 0) is 49.2 Å². The van der Waals surface area contributed by atoms with Gasteiger partial charge >= 0.3 is 0 Å². The Balaban J connectivity index is 1.51. The molecule has 0 bridgehead atoms. The fourth-order valence-corrected chi connectivity index (χ4v) is 4.27. The van der Waals surface area contributed by atoms with Crippen LogP contribution in [0.15, 0.2) is 71.7 Å². The van der Waals surface area contributed by atoms with Gasteiger partial charge in [-0.2, -0.15) is 0 Å². The average Bonchev–Trinajstić information content (AvgIpc) is 3.35. The molecule has 2 heterocycles. The monoisotopic (exact) mass is 428 g/mol. The first kappa shape index (κ1) is 20.1. The van der Waals surface area contributed by atoms with E-state index in [0.29, 0.717) is 28.0 Å². The predicted molar refractivity (Wildman–Crippen MR) is 121 cm³/mol. The van der Waals surface area contributed by atoms with E-state index < -0.39 is 11.7 Å². The normalized spacial score (nSPS) is 14.0. The molecule has 2 aromatic heterocycles. The number of para-hydroxylation sites is 1. The highest BCUT2D eigenvalue weighted by molar-refractivity contribution is 6.04. The smallest absolute Gasteiger partial charge is 0.278 e. The number of aromatic nitrogens is 3. The van der Waals surface area contributed by atoms with Crippen molar-refractivity contribution in [3.05, 3.63) is 88.6 Å². The predicted octanol–water partition coefficient (Wildman–Crippen LogP) is 4.97. The lowest BCUT2D eigenvalue weighted by Gasteiger charge is -2.17. The number of nitrogens with one attached hydrogen (secondary N) is 1. The summed E-state index contributed by atoms with van der Waals surface area (Å²) in [5.74, 6) is -0.931. The Labute approximate surface area is 183 Å². The van der Waals surface area contributed by atoms with Gasteiger partial charge in [0.25, 0.3) is 11.5 Å². The molecule has 32 heavy (non-hydrogen) atoms. The molecular formula is C25H21FN4O2. The second-order valence-corrected chi connectivity index (χ2v) is 7.93. The second-order valence-electron chi connectivity index (χ2n) is 7.93. The number of hydrogen-bond donors (Lipinski definition) is 1. The van der Waals surface area contributed by atoms with Crippen LogP contribution in [0.2, 0.25) is 0 Å². The molecule has 1 fully saturated rings. The Kier molecular flexibility index (Phi) is 5.23. The van der Waals surface area contributed by atoms with E-state index in [1.807, 2.05) is 6.07 Å². The van der Waals surface area contributed by atoms with Crippen molar-refractivity contribution in [3.8, 4) is 11.3 Å². The molecule has 1 aliphatic carbocycles. The summed E-state index contributed by atoms with van der Waals surface area (Å²) >= 11 is 0. The van der Waals surface area contributed by atoms with Gasteiger partial charge in [0.1, 0.15) is 17.0 Å². The van der Waals surface area contributed by atoms with Gasteiger partial charge in [0.2, 0.25) is 0 Å². The molecule has 1 aliphatic rings. The van der Waals surface area contributed by atoms with Crippen molar-refractivity contribution in [1.82, 2.24) is 14.5 Å². The molecule has 0 saturated heterocycles. The van der Waals surface area contributed by atoms with Crippen LogP contribution in [0.4, 0.5) is 10.1 Å². The van der Waals surface area contributed by atoms with Gasteiger partial charge in [0, 0.05) is 23.4 Å². The number of amides is 1. The maximum Gasteiger partial charge on any atom is 0.278 e. The fraction of sp³-hybridized carbons (Fsp3) is 0.200. The van der Waals surface area contributed by atoms with Gasteiger partial charge in [-0.25, -0.2) is 14.4 Å². The zero-order chi connectivity index (χ0) is 22.1. The third kappa shape index (κ3) is 3.66. The zero-order valence-electron chi connectivity index (χ0n) is 17.3. The van der Waals surface area contributed by atoms with E-state index in [0.717, 1.165) is 25.7 Å². The van der Waals surface area contributed by atoms with Crippen molar-refractivity contribution in [2.24, 2.45) is 0 Å². The molecule has 0 aliphatic heterocycles. The lowest BCUT2D eigenvalue weighted by atomic mass is 10.1. The number of halogens is 1. The SMILES string of the molecule is O=C(Nc1ccccc1F)c1ccc(-c2nc3cccnc3n(C3CCCC3)c2=O)cc1. The molecule has 0 unspecified atom stereocenters. The molecule has 160 valence electrons. The molecule has 0 atom stereocenters. The lowest BCUT2D eigenvalue weighted by molar-refractivity contribution is 0.102. The van der Waals surface area contributed by atoms with Crippen molar-refractivity contribution in [2.45, 2.75) is 31.7 Å². The minimum atomic E-state index is -0.501. The van der Waals surface area contributed by atoms with Crippen molar-refractivity contribution >= 4 is 22.8 Å². The minimum absolute atomic E-state index is 0.115. The quantitative estimate of drug-likeness (QED) is 0.498. The number of carbonyl (C=O) groups excluding carboxylic acids is 1. The molecule has 0 spiro atoms. The number of benzene rings is 2. The topological polar surface area (TPSA) is 76.9 Å². The number of hydrogen-bond acceptors (Lipinski definition) is 4. The van der Waals surface area contributed by atoms with Crippen LogP contribution in [-0.4, -0.2) is 20.4 Å². The maximum absolute atomic E-state index is 13.8. The highest BCUT2D eigenvalue weighted by atomic mass is 19.1.